The zero-order chi connectivity index (χ0) is 9.97. The van der Waals surface area contributed by atoms with Crippen molar-refractivity contribution in [3.05, 3.63) is 24.5 Å². The molecule has 2 heterocycles. The lowest BCUT2D eigenvalue weighted by Gasteiger charge is -2.07. The molecule has 0 radical (unpaired) electrons. The molecule has 0 saturated carbocycles. The second-order valence-electron chi connectivity index (χ2n) is 2.98. The minimum atomic E-state index is -0.0205. The van der Waals surface area contributed by atoms with Crippen molar-refractivity contribution < 1.29 is 0 Å². The molecule has 0 spiro atoms. The summed E-state index contributed by atoms with van der Waals surface area (Å²) in [6, 6.07) is 3.66. The molecule has 0 aliphatic heterocycles. The van der Waals surface area contributed by atoms with Gasteiger partial charge in [-0.25, -0.2) is 9.50 Å². The van der Waals surface area contributed by atoms with E-state index in [0.29, 0.717) is 0 Å². The van der Waals surface area contributed by atoms with E-state index in [1.54, 1.807) is 10.7 Å². The predicted molar refractivity (Wildman–Crippen MR) is 54.9 cm³/mol. The SMILES string of the molecule is C#CC(C)Nc1ccn2nccc2n1. The van der Waals surface area contributed by atoms with E-state index in [4.69, 9.17) is 6.42 Å². The van der Waals surface area contributed by atoms with Crippen LogP contribution in [0.1, 0.15) is 6.92 Å². The maximum atomic E-state index is 5.25. The topological polar surface area (TPSA) is 42.2 Å². The normalized spacial score (nSPS) is 12.3. The molecule has 0 aromatic carbocycles. The molecule has 0 bridgehead atoms. The first-order chi connectivity index (χ1) is 6.79. The molecule has 14 heavy (non-hydrogen) atoms. The molecule has 0 saturated heterocycles. The zero-order valence-corrected chi connectivity index (χ0v) is 7.81. The minimum Gasteiger partial charge on any atom is -0.357 e. The highest BCUT2D eigenvalue weighted by molar-refractivity contribution is 5.46. The van der Waals surface area contributed by atoms with E-state index in [1.807, 2.05) is 25.3 Å². The fourth-order valence-electron chi connectivity index (χ4n) is 1.16. The van der Waals surface area contributed by atoms with Gasteiger partial charge in [0.2, 0.25) is 0 Å². The molecule has 4 heteroatoms. The van der Waals surface area contributed by atoms with Crippen molar-refractivity contribution in [3.8, 4) is 12.3 Å². The molecule has 2 aromatic rings. The molecule has 2 rings (SSSR count). The van der Waals surface area contributed by atoms with Crippen molar-refractivity contribution in [2.24, 2.45) is 0 Å². The number of terminal acetylenes is 1. The third kappa shape index (κ3) is 1.52. The molecule has 2 aromatic heterocycles. The Labute approximate surface area is 82.0 Å². The van der Waals surface area contributed by atoms with Crippen LogP contribution < -0.4 is 5.32 Å². The molecule has 0 amide bonds. The van der Waals surface area contributed by atoms with Crippen LogP contribution in [-0.2, 0) is 0 Å². The summed E-state index contributed by atoms with van der Waals surface area (Å²) in [7, 11) is 0. The number of nitrogens with one attached hydrogen (secondary N) is 1. The summed E-state index contributed by atoms with van der Waals surface area (Å²) < 4.78 is 1.70. The lowest BCUT2D eigenvalue weighted by atomic mass is 10.3. The predicted octanol–water partition coefficient (Wildman–Crippen LogP) is 1.16. The number of rotatable bonds is 2. The smallest absolute Gasteiger partial charge is 0.157 e. The van der Waals surface area contributed by atoms with Crippen LogP contribution in [0.15, 0.2) is 24.5 Å². The fourth-order valence-corrected chi connectivity index (χ4v) is 1.16. The molecule has 0 aliphatic carbocycles. The average molecular weight is 186 g/mol. The highest BCUT2D eigenvalue weighted by Crippen LogP contribution is 2.06. The largest absolute Gasteiger partial charge is 0.357 e. The van der Waals surface area contributed by atoms with Crippen LogP contribution in [0.2, 0.25) is 0 Å². The van der Waals surface area contributed by atoms with E-state index in [1.165, 1.54) is 0 Å². The standard InChI is InChI=1S/C10H10N4/c1-3-8(2)12-9-5-7-14-10(13-9)4-6-11-14/h1,4-8H,2H3,(H,12,13). The lowest BCUT2D eigenvalue weighted by molar-refractivity contribution is 0.930. The number of fused-ring (bicyclic) bond motifs is 1. The zero-order valence-electron chi connectivity index (χ0n) is 7.81. The molecular weight excluding hydrogens is 176 g/mol. The maximum Gasteiger partial charge on any atom is 0.157 e. The van der Waals surface area contributed by atoms with Gasteiger partial charge in [-0.3, -0.25) is 0 Å². The lowest BCUT2D eigenvalue weighted by Crippen LogP contribution is -2.13. The van der Waals surface area contributed by atoms with Gasteiger partial charge in [0.1, 0.15) is 5.82 Å². The summed E-state index contributed by atoms with van der Waals surface area (Å²) in [5.41, 5.74) is 0.805. The van der Waals surface area contributed by atoms with Crippen molar-refractivity contribution in [1.82, 2.24) is 14.6 Å². The van der Waals surface area contributed by atoms with Gasteiger partial charge >= 0.3 is 0 Å². The van der Waals surface area contributed by atoms with Gasteiger partial charge in [-0.05, 0) is 13.0 Å². The van der Waals surface area contributed by atoms with Gasteiger partial charge in [0.25, 0.3) is 0 Å². The summed E-state index contributed by atoms with van der Waals surface area (Å²) in [6.45, 7) is 1.91. The van der Waals surface area contributed by atoms with Gasteiger partial charge in [-0.15, -0.1) is 6.42 Å². The molecule has 70 valence electrons. The van der Waals surface area contributed by atoms with Crippen molar-refractivity contribution in [1.29, 1.82) is 0 Å². The van der Waals surface area contributed by atoms with E-state index in [-0.39, 0.29) is 6.04 Å². The fraction of sp³-hybridized carbons (Fsp3) is 0.200. The molecule has 4 nitrogen and oxygen atoms in total. The number of nitrogens with zero attached hydrogens (tertiary/aromatic N) is 3. The van der Waals surface area contributed by atoms with Gasteiger partial charge in [-0.1, -0.05) is 5.92 Å². The Hall–Kier alpha value is -2.02. The Balaban J connectivity index is 2.31. The van der Waals surface area contributed by atoms with Gasteiger partial charge in [0, 0.05) is 12.3 Å². The Morgan fingerprint density at radius 3 is 3.21 bits per heavy atom. The van der Waals surface area contributed by atoms with E-state index >= 15 is 0 Å². The number of aromatic nitrogens is 3. The highest BCUT2D eigenvalue weighted by atomic mass is 15.2. The van der Waals surface area contributed by atoms with Crippen LogP contribution in [0.3, 0.4) is 0 Å². The minimum absolute atomic E-state index is 0.0205. The average Bonchev–Trinajstić information content (AvgIpc) is 2.64. The Morgan fingerprint density at radius 2 is 2.43 bits per heavy atom. The van der Waals surface area contributed by atoms with Gasteiger partial charge in [0.05, 0.1) is 12.2 Å². The van der Waals surface area contributed by atoms with Crippen LogP contribution in [0.5, 0.6) is 0 Å². The van der Waals surface area contributed by atoms with Crippen LogP contribution in [0.25, 0.3) is 5.65 Å². The summed E-state index contributed by atoms with van der Waals surface area (Å²) in [5.74, 6) is 3.35. The van der Waals surface area contributed by atoms with Crippen LogP contribution in [0.4, 0.5) is 5.82 Å². The third-order valence-corrected chi connectivity index (χ3v) is 1.87. The molecule has 1 unspecified atom stereocenters. The first kappa shape index (κ1) is 8.57. The molecular formula is C10H10N4. The summed E-state index contributed by atoms with van der Waals surface area (Å²) in [6.07, 6.45) is 8.80. The maximum absolute atomic E-state index is 5.25. The van der Waals surface area contributed by atoms with Crippen LogP contribution in [0, 0.1) is 12.3 Å². The molecule has 0 aliphatic rings. The van der Waals surface area contributed by atoms with E-state index < -0.39 is 0 Å². The van der Waals surface area contributed by atoms with Crippen LogP contribution >= 0.6 is 0 Å². The second-order valence-corrected chi connectivity index (χ2v) is 2.98. The Morgan fingerprint density at radius 1 is 1.57 bits per heavy atom. The summed E-state index contributed by atoms with van der Waals surface area (Å²) >= 11 is 0. The molecule has 1 atom stereocenters. The van der Waals surface area contributed by atoms with Gasteiger partial charge in [-0.2, -0.15) is 5.10 Å². The van der Waals surface area contributed by atoms with Crippen LogP contribution in [-0.4, -0.2) is 20.6 Å². The van der Waals surface area contributed by atoms with Gasteiger partial charge in [0.15, 0.2) is 5.65 Å². The molecule has 1 N–H and O–H groups in total. The Bertz CT molecular complexity index is 480. The van der Waals surface area contributed by atoms with E-state index in [2.05, 4.69) is 21.3 Å². The summed E-state index contributed by atoms with van der Waals surface area (Å²) in [5, 5.41) is 7.13. The van der Waals surface area contributed by atoms with Crippen molar-refractivity contribution in [3.63, 3.8) is 0 Å². The first-order valence-electron chi connectivity index (χ1n) is 4.32. The monoisotopic (exact) mass is 186 g/mol. The van der Waals surface area contributed by atoms with Gasteiger partial charge < -0.3 is 5.32 Å². The number of hydrogen-bond acceptors (Lipinski definition) is 3. The van der Waals surface area contributed by atoms with Crippen molar-refractivity contribution >= 4 is 11.5 Å². The third-order valence-electron chi connectivity index (χ3n) is 1.87. The first-order valence-corrected chi connectivity index (χ1v) is 4.32. The highest BCUT2D eigenvalue weighted by Gasteiger charge is 2.00. The number of hydrogen-bond donors (Lipinski definition) is 1. The quantitative estimate of drug-likeness (QED) is 0.716. The molecule has 0 fully saturated rings. The summed E-state index contributed by atoms with van der Waals surface area (Å²) in [4.78, 5) is 4.32. The van der Waals surface area contributed by atoms with Crippen molar-refractivity contribution in [2.45, 2.75) is 13.0 Å². The van der Waals surface area contributed by atoms with Crippen molar-refractivity contribution in [2.75, 3.05) is 5.32 Å². The Kier molecular flexibility index (Phi) is 2.07. The number of anilines is 1. The second kappa shape index (κ2) is 3.38. The van der Waals surface area contributed by atoms with E-state index in [9.17, 15) is 0 Å². The van der Waals surface area contributed by atoms with E-state index in [0.717, 1.165) is 11.5 Å².